The van der Waals surface area contributed by atoms with E-state index in [9.17, 15) is 4.79 Å². The van der Waals surface area contributed by atoms with Crippen LogP contribution in [0.25, 0.3) is 0 Å². The first kappa shape index (κ1) is 23.7. The van der Waals surface area contributed by atoms with Gasteiger partial charge in [-0.2, -0.15) is 0 Å². The molecule has 0 aliphatic carbocycles. The number of aromatic nitrogens is 3. The number of carbonyl (C=O) groups is 1. The molecule has 4 N–H and O–H groups in total. The third-order valence-corrected chi connectivity index (χ3v) is 6.04. The van der Waals surface area contributed by atoms with Gasteiger partial charge in [-0.3, -0.25) is 4.79 Å². The first-order valence-corrected chi connectivity index (χ1v) is 11.8. The second-order valence-electron chi connectivity index (χ2n) is 7.68. The predicted octanol–water partition coefficient (Wildman–Crippen LogP) is 4.56. The van der Waals surface area contributed by atoms with E-state index in [1.54, 1.807) is 49.5 Å². The molecule has 0 saturated carbocycles. The van der Waals surface area contributed by atoms with Gasteiger partial charge in [0.1, 0.15) is 17.5 Å². The Kier molecular flexibility index (Phi) is 7.39. The molecule has 3 heterocycles. The summed E-state index contributed by atoms with van der Waals surface area (Å²) in [7, 11) is 0. The van der Waals surface area contributed by atoms with Crippen molar-refractivity contribution in [1.82, 2.24) is 15.0 Å². The fraction of sp³-hybridized carbons (Fsp3) is 0.217. The van der Waals surface area contributed by atoms with Gasteiger partial charge >= 0.3 is 0 Å². The minimum Gasteiger partial charge on any atom is -0.387 e. The van der Waals surface area contributed by atoms with E-state index in [2.05, 4.69) is 30.2 Å². The summed E-state index contributed by atoms with van der Waals surface area (Å²) in [5.74, 6) is 1.65. The molecule has 174 valence electrons. The number of nitrogens with two attached hydrogens (primary N) is 1. The molecule has 0 atom stereocenters. The Morgan fingerprint density at radius 2 is 2.06 bits per heavy atom. The molecule has 9 nitrogen and oxygen atoms in total. The zero-order valence-electron chi connectivity index (χ0n) is 18.5. The summed E-state index contributed by atoms with van der Waals surface area (Å²) in [6.45, 7) is 3.55. The van der Waals surface area contributed by atoms with Crippen LogP contribution in [-0.2, 0) is 0 Å². The van der Waals surface area contributed by atoms with Gasteiger partial charge in [0.05, 0.1) is 10.6 Å². The van der Waals surface area contributed by atoms with E-state index in [4.69, 9.17) is 22.7 Å². The Hall–Kier alpha value is -3.50. The number of aliphatic imine (C=N–C) groups is 1. The van der Waals surface area contributed by atoms with E-state index in [-0.39, 0.29) is 12.3 Å². The van der Waals surface area contributed by atoms with E-state index in [1.807, 2.05) is 6.07 Å². The van der Waals surface area contributed by atoms with Crippen molar-refractivity contribution in [2.45, 2.75) is 29.8 Å². The lowest BCUT2D eigenvalue weighted by Crippen LogP contribution is -2.37. The van der Waals surface area contributed by atoms with Crippen LogP contribution in [0.15, 0.2) is 63.7 Å². The minimum atomic E-state index is -0.329. The number of hydrogen-bond donors (Lipinski definition) is 3. The third kappa shape index (κ3) is 6.09. The molecule has 1 aromatic carbocycles. The zero-order chi connectivity index (χ0) is 24.1. The van der Waals surface area contributed by atoms with Gasteiger partial charge in [0, 0.05) is 42.4 Å². The van der Waals surface area contributed by atoms with Crippen molar-refractivity contribution in [2.24, 2.45) is 10.7 Å². The molecule has 3 aromatic rings. The van der Waals surface area contributed by atoms with Crippen molar-refractivity contribution in [1.29, 1.82) is 5.41 Å². The molecule has 2 aromatic heterocycles. The van der Waals surface area contributed by atoms with Gasteiger partial charge in [-0.15, -0.1) is 0 Å². The Balaban J connectivity index is 1.50. The smallest absolute Gasteiger partial charge is 0.258 e. The molecule has 1 fully saturated rings. The largest absolute Gasteiger partial charge is 0.387 e. The van der Waals surface area contributed by atoms with Crippen LogP contribution in [0.1, 0.15) is 30.1 Å². The van der Waals surface area contributed by atoms with Gasteiger partial charge in [-0.25, -0.2) is 19.9 Å². The summed E-state index contributed by atoms with van der Waals surface area (Å²) in [4.78, 5) is 33.2. The van der Waals surface area contributed by atoms with Gasteiger partial charge < -0.3 is 21.4 Å². The van der Waals surface area contributed by atoms with Crippen LogP contribution in [0.5, 0.6) is 0 Å². The molecule has 0 unspecified atom stereocenters. The van der Waals surface area contributed by atoms with Gasteiger partial charge in [-0.05, 0) is 49.4 Å². The number of nitrogens with one attached hydrogen (secondary N) is 2. The van der Waals surface area contributed by atoms with Crippen LogP contribution in [0.2, 0.25) is 5.02 Å². The predicted molar refractivity (Wildman–Crippen MR) is 136 cm³/mol. The Morgan fingerprint density at radius 3 is 2.71 bits per heavy atom. The molecule has 34 heavy (non-hydrogen) atoms. The lowest BCUT2D eigenvalue weighted by Gasteiger charge is -2.32. The SMILES string of the molecule is CC(=N)CC(N)=Nc1cc(N2CCC2)nc(Sc2ccc(NC(=O)c3ccccc3Cl)nc2)n1. The number of hydrogen-bond acceptors (Lipinski definition) is 8. The molecular weight excluding hydrogens is 472 g/mol. The fourth-order valence-electron chi connectivity index (χ4n) is 3.12. The Labute approximate surface area is 206 Å². The number of amidine groups is 1. The highest BCUT2D eigenvalue weighted by atomic mass is 35.5. The number of benzene rings is 1. The standard InChI is InChI=1S/C23H23ClN8OS/c1-14(25)11-18(26)28-20-12-21(32-9-4-10-32)31-23(30-20)34-15-7-8-19(27-13-15)29-22(33)16-5-2-3-6-17(16)24/h2-3,5-8,12-13,25H,4,9-11H2,1H3,(H,27,29,33)(H2,26,28,30,31). The average molecular weight is 495 g/mol. The highest BCUT2D eigenvalue weighted by molar-refractivity contribution is 7.99. The number of anilines is 2. The van der Waals surface area contributed by atoms with Crippen LogP contribution >= 0.6 is 23.4 Å². The van der Waals surface area contributed by atoms with Crippen molar-refractivity contribution >= 4 is 58.3 Å². The Morgan fingerprint density at radius 1 is 1.26 bits per heavy atom. The average Bonchev–Trinajstić information content (AvgIpc) is 2.73. The van der Waals surface area contributed by atoms with Crippen LogP contribution in [-0.4, -0.2) is 45.5 Å². The summed E-state index contributed by atoms with van der Waals surface area (Å²) in [5.41, 5.74) is 6.78. The second-order valence-corrected chi connectivity index (χ2v) is 9.13. The molecule has 1 aliphatic heterocycles. The molecule has 11 heteroatoms. The first-order chi connectivity index (χ1) is 16.4. The number of nitrogens with zero attached hydrogens (tertiary/aromatic N) is 5. The van der Waals surface area contributed by atoms with Crippen LogP contribution < -0.4 is 16.0 Å². The monoisotopic (exact) mass is 494 g/mol. The van der Waals surface area contributed by atoms with Gasteiger partial charge in [0.2, 0.25) is 0 Å². The van der Waals surface area contributed by atoms with Crippen LogP contribution in [0, 0.1) is 5.41 Å². The minimum absolute atomic E-state index is 0.289. The zero-order valence-corrected chi connectivity index (χ0v) is 20.0. The van der Waals surface area contributed by atoms with Crippen molar-refractivity contribution in [3.63, 3.8) is 0 Å². The van der Waals surface area contributed by atoms with Gasteiger partial charge in [-0.1, -0.05) is 23.7 Å². The number of halogens is 1. The highest BCUT2D eigenvalue weighted by Gasteiger charge is 2.18. The fourth-order valence-corrected chi connectivity index (χ4v) is 4.07. The molecular formula is C23H23ClN8OS. The molecule has 1 aliphatic rings. The molecule has 0 bridgehead atoms. The summed E-state index contributed by atoms with van der Waals surface area (Å²) in [6.07, 6.45) is 3.05. The Bertz CT molecular complexity index is 1240. The lowest BCUT2D eigenvalue weighted by molar-refractivity contribution is 0.102. The van der Waals surface area contributed by atoms with Crippen LogP contribution in [0.4, 0.5) is 17.5 Å². The van der Waals surface area contributed by atoms with E-state index < -0.39 is 0 Å². The maximum atomic E-state index is 12.4. The molecule has 1 amide bonds. The van der Waals surface area contributed by atoms with E-state index in [0.717, 1.165) is 30.2 Å². The maximum Gasteiger partial charge on any atom is 0.258 e. The molecule has 4 rings (SSSR count). The summed E-state index contributed by atoms with van der Waals surface area (Å²) in [5, 5.41) is 11.2. The van der Waals surface area contributed by atoms with E-state index >= 15 is 0 Å². The van der Waals surface area contributed by atoms with Crippen molar-refractivity contribution in [3.05, 3.63) is 59.2 Å². The lowest BCUT2D eigenvalue weighted by atomic mass is 10.2. The topological polar surface area (TPSA) is 133 Å². The van der Waals surface area contributed by atoms with Crippen LogP contribution in [0.3, 0.4) is 0 Å². The third-order valence-electron chi connectivity index (χ3n) is 4.87. The quantitative estimate of drug-likeness (QED) is 0.237. The first-order valence-electron chi connectivity index (χ1n) is 10.6. The molecule has 1 saturated heterocycles. The number of carbonyl (C=O) groups excluding carboxylic acids is 1. The highest BCUT2D eigenvalue weighted by Crippen LogP contribution is 2.30. The van der Waals surface area contributed by atoms with E-state index in [1.165, 1.54) is 11.8 Å². The number of pyridine rings is 1. The maximum absolute atomic E-state index is 12.4. The van der Waals surface area contributed by atoms with Gasteiger partial charge in [0.15, 0.2) is 11.0 Å². The molecule has 0 spiro atoms. The number of amides is 1. The van der Waals surface area contributed by atoms with E-state index in [0.29, 0.717) is 38.9 Å². The van der Waals surface area contributed by atoms with Crippen molar-refractivity contribution in [3.8, 4) is 0 Å². The summed E-state index contributed by atoms with van der Waals surface area (Å²) in [6, 6.07) is 12.2. The molecule has 0 radical (unpaired) electrons. The summed E-state index contributed by atoms with van der Waals surface area (Å²) < 4.78 is 0. The van der Waals surface area contributed by atoms with Crippen molar-refractivity contribution < 1.29 is 4.79 Å². The second kappa shape index (κ2) is 10.6. The normalized spacial score (nSPS) is 13.4. The van der Waals surface area contributed by atoms with Crippen molar-refractivity contribution in [2.75, 3.05) is 23.3 Å². The number of rotatable bonds is 8. The summed E-state index contributed by atoms with van der Waals surface area (Å²) >= 11 is 7.43. The van der Waals surface area contributed by atoms with Gasteiger partial charge in [0.25, 0.3) is 5.91 Å².